The highest BCUT2D eigenvalue weighted by Crippen LogP contribution is 2.48. The molecule has 1 aromatic carbocycles. The molecule has 156 valence electrons. The SMILES string of the molecule is CCOC(=O)C1=C(N)OC2=C(C(=O)CCC2)[C@H]1c1cc(OC)c(OC)cc1OC. The molecular formula is C21H25NO7. The minimum Gasteiger partial charge on any atom is -0.496 e. The number of carbonyl (C=O) groups excluding carboxylic acids is 2. The van der Waals surface area contributed by atoms with Crippen LogP contribution in [0.15, 0.2) is 34.9 Å². The van der Waals surface area contributed by atoms with Crippen LogP contribution in [0.3, 0.4) is 0 Å². The van der Waals surface area contributed by atoms with Crippen molar-refractivity contribution in [3.8, 4) is 17.2 Å². The maximum atomic E-state index is 12.9. The number of hydrogen-bond acceptors (Lipinski definition) is 8. The lowest BCUT2D eigenvalue weighted by atomic mass is 9.77. The molecule has 0 saturated heterocycles. The molecule has 8 nitrogen and oxygen atoms in total. The van der Waals surface area contributed by atoms with Crippen molar-refractivity contribution in [3.05, 3.63) is 40.5 Å². The number of esters is 1. The van der Waals surface area contributed by atoms with Crippen LogP contribution in [0, 0.1) is 0 Å². The Balaban J connectivity index is 2.28. The molecule has 2 aliphatic rings. The Morgan fingerprint density at radius 1 is 1.10 bits per heavy atom. The average molecular weight is 403 g/mol. The van der Waals surface area contributed by atoms with E-state index < -0.39 is 11.9 Å². The first-order valence-electron chi connectivity index (χ1n) is 9.37. The summed E-state index contributed by atoms with van der Waals surface area (Å²) in [5, 5.41) is 0. The third-order valence-corrected chi connectivity index (χ3v) is 5.03. The number of allylic oxidation sites excluding steroid dienone is 2. The third-order valence-electron chi connectivity index (χ3n) is 5.03. The molecule has 8 heteroatoms. The number of Topliss-reactive ketones (excluding diaryl/α,β-unsaturated/α-hetero) is 1. The average Bonchev–Trinajstić information content (AvgIpc) is 2.71. The van der Waals surface area contributed by atoms with Crippen molar-refractivity contribution in [3.63, 3.8) is 0 Å². The van der Waals surface area contributed by atoms with Crippen molar-refractivity contribution < 1.29 is 33.3 Å². The topological polar surface area (TPSA) is 106 Å². The summed E-state index contributed by atoms with van der Waals surface area (Å²) in [4.78, 5) is 25.7. The minimum atomic E-state index is -0.791. The summed E-state index contributed by atoms with van der Waals surface area (Å²) in [5.41, 5.74) is 7.14. The molecule has 3 rings (SSSR count). The van der Waals surface area contributed by atoms with Gasteiger partial charge in [-0.15, -0.1) is 0 Å². The summed E-state index contributed by atoms with van der Waals surface area (Å²) in [6.45, 7) is 1.85. The van der Waals surface area contributed by atoms with Crippen LogP contribution in [0.4, 0.5) is 0 Å². The molecule has 0 radical (unpaired) electrons. The lowest BCUT2D eigenvalue weighted by Gasteiger charge is -2.33. The zero-order valence-corrected chi connectivity index (χ0v) is 17.0. The highest BCUT2D eigenvalue weighted by atomic mass is 16.5. The molecule has 0 bridgehead atoms. The number of rotatable bonds is 6. The first-order valence-corrected chi connectivity index (χ1v) is 9.37. The van der Waals surface area contributed by atoms with E-state index in [1.165, 1.54) is 21.3 Å². The lowest BCUT2D eigenvalue weighted by Crippen LogP contribution is -2.31. The predicted octanol–water partition coefficient (Wildman–Crippen LogP) is 2.57. The summed E-state index contributed by atoms with van der Waals surface area (Å²) in [7, 11) is 4.52. The van der Waals surface area contributed by atoms with E-state index >= 15 is 0 Å². The van der Waals surface area contributed by atoms with Gasteiger partial charge in [0.1, 0.15) is 17.1 Å². The van der Waals surface area contributed by atoms with E-state index in [4.69, 9.17) is 29.4 Å². The maximum absolute atomic E-state index is 12.9. The predicted molar refractivity (Wildman–Crippen MR) is 104 cm³/mol. The number of nitrogens with two attached hydrogens (primary N) is 1. The van der Waals surface area contributed by atoms with E-state index in [9.17, 15) is 9.59 Å². The van der Waals surface area contributed by atoms with Gasteiger partial charge in [0.25, 0.3) is 0 Å². The molecule has 1 aliphatic heterocycles. The summed E-state index contributed by atoms with van der Waals surface area (Å²) in [6.07, 6.45) is 1.59. The van der Waals surface area contributed by atoms with Crippen molar-refractivity contribution in [1.29, 1.82) is 0 Å². The largest absolute Gasteiger partial charge is 0.496 e. The molecule has 2 N–H and O–H groups in total. The summed E-state index contributed by atoms with van der Waals surface area (Å²) in [5.74, 6) is 0.196. The minimum absolute atomic E-state index is 0.0706. The fraction of sp³-hybridized carbons (Fsp3) is 0.429. The van der Waals surface area contributed by atoms with Crippen molar-refractivity contribution in [2.24, 2.45) is 5.73 Å². The molecule has 1 atom stereocenters. The van der Waals surface area contributed by atoms with Crippen LogP contribution in [0.2, 0.25) is 0 Å². The molecule has 29 heavy (non-hydrogen) atoms. The van der Waals surface area contributed by atoms with Gasteiger partial charge in [0.2, 0.25) is 5.88 Å². The van der Waals surface area contributed by atoms with Crippen LogP contribution in [0.1, 0.15) is 37.7 Å². The van der Waals surface area contributed by atoms with E-state index in [1.807, 2.05) is 0 Å². The van der Waals surface area contributed by atoms with Crippen LogP contribution in [-0.2, 0) is 19.1 Å². The van der Waals surface area contributed by atoms with Crippen molar-refractivity contribution in [2.45, 2.75) is 32.1 Å². The monoisotopic (exact) mass is 403 g/mol. The number of carbonyl (C=O) groups is 2. The van der Waals surface area contributed by atoms with Crippen molar-refractivity contribution in [2.75, 3.05) is 27.9 Å². The first-order chi connectivity index (χ1) is 14.0. The molecular weight excluding hydrogens is 378 g/mol. The normalized spacial score (nSPS) is 18.8. The van der Waals surface area contributed by atoms with Gasteiger partial charge in [-0.1, -0.05) is 0 Å². The van der Waals surface area contributed by atoms with Crippen molar-refractivity contribution >= 4 is 11.8 Å². The van der Waals surface area contributed by atoms with Gasteiger partial charge in [0.05, 0.1) is 33.9 Å². The second-order valence-corrected chi connectivity index (χ2v) is 6.60. The third kappa shape index (κ3) is 3.62. The molecule has 0 spiro atoms. The highest BCUT2D eigenvalue weighted by Gasteiger charge is 2.42. The maximum Gasteiger partial charge on any atom is 0.340 e. The van der Waals surface area contributed by atoms with E-state index in [0.717, 1.165) is 0 Å². The molecule has 0 aromatic heterocycles. The van der Waals surface area contributed by atoms with Crippen LogP contribution in [-0.4, -0.2) is 39.7 Å². The van der Waals surface area contributed by atoms with Crippen molar-refractivity contribution in [1.82, 2.24) is 0 Å². The summed E-state index contributed by atoms with van der Waals surface area (Å²) in [6, 6.07) is 3.34. The zero-order valence-electron chi connectivity index (χ0n) is 17.0. The molecule has 1 aromatic rings. The Morgan fingerprint density at radius 2 is 1.76 bits per heavy atom. The van der Waals surface area contributed by atoms with Gasteiger partial charge in [-0.05, 0) is 19.4 Å². The van der Waals surface area contributed by atoms with Gasteiger partial charge < -0.3 is 29.4 Å². The van der Waals surface area contributed by atoms with E-state index in [1.54, 1.807) is 19.1 Å². The Morgan fingerprint density at radius 3 is 2.38 bits per heavy atom. The first kappa shape index (κ1) is 20.6. The Labute approximate surface area is 169 Å². The van der Waals surface area contributed by atoms with Gasteiger partial charge in [-0.25, -0.2) is 4.79 Å². The van der Waals surface area contributed by atoms with Gasteiger partial charge in [0.15, 0.2) is 17.3 Å². The standard InChI is InChI=1S/C21H25NO7/c1-5-28-21(24)19-17(18-12(23)7-6-8-13(18)29-20(19)22)11-9-15(26-3)16(27-4)10-14(11)25-2/h9-10,17H,5-8,22H2,1-4H3/t17-/m1/s1. The number of ether oxygens (including phenoxy) is 5. The fourth-order valence-corrected chi connectivity index (χ4v) is 3.75. The quantitative estimate of drug-likeness (QED) is 0.723. The molecule has 0 fully saturated rings. The Bertz CT molecular complexity index is 901. The van der Waals surface area contributed by atoms with Crippen LogP contribution in [0.25, 0.3) is 0 Å². The second kappa shape index (κ2) is 8.46. The van der Waals surface area contributed by atoms with Gasteiger partial charge in [0, 0.05) is 30.0 Å². The summed E-state index contributed by atoms with van der Waals surface area (Å²) < 4.78 is 27.2. The Hall–Kier alpha value is -3.16. The number of methoxy groups -OCH3 is 3. The number of benzene rings is 1. The smallest absolute Gasteiger partial charge is 0.340 e. The van der Waals surface area contributed by atoms with E-state index in [2.05, 4.69) is 0 Å². The molecule has 1 heterocycles. The molecule has 1 aliphatic carbocycles. The van der Waals surface area contributed by atoms with Crippen LogP contribution < -0.4 is 19.9 Å². The fourth-order valence-electron chi connectivity index (χ4n) is 3.75. The molecule has 0 unspecified atom stereocenters. The molecule has 0 amide bonds. The lowest BCUT2D eigenvalue weighted by molar-refractivity contribution is -0.139. The van der Waals surface area contributed by atoms with E-state index in [-0.39, 0.29) is 23.8 Å². The van der Waals surface area contributed by atoms with Gasteiger partial charge >= 0.3 is 5.97 Å². The zero-order chi connectivity index (χ0) is 21.1. The van der Waals surface area contributed by atoms with Gasteiger partial charge in [-0.2, -0.15) is 0 Å². The van der Waals surface area contributed by atoms with Gasteiger partial charge in [-0.3, -0.25) is 4.79 Å². The highest BCUT2D eigenvalue weighted by molar-refractivity contribution is 6.03. The Kier molecular flexibility index (Phi) is 6.00. The molecule has 0 saturated carbocycles. The van der Waals surface area contributed by atoms with Crippen LogP contribution in [0.5, 0.6) is 17.2 Å². The van der Waals surface area contributed by atoms with E-state index in [0.29, 0.717) is 53.4 Å². The number of ketones is 1. The number of hydrogen-bond donors (Lipinski definition) is 1. The van der Waals surface area contributed by atoms with Crippen LogP contribution >= 0.6 is 0 Å². The second-order valence-electron chi connectivity index (χ2n) is 6.60. The summed E-state index contributed by atoms with van der Waals surface area (Å²) >= 11 is 0.